The monoisotopic (exact) mass is 325 g/mol. The molecule has 2 heterocycles. The van der Waals surface area contributed by atoms with Crippen molar-refractivity contribution in [2.45, 2.75) is 25.1 Å². The van der Waals surface area contributed by atoms with Gasteiger partial charge < -0.3 is 14.1 Å². The third-order valence-electron chi connectivity index (χ3n) is 4.05. The van der Waals surface area contributed by atoms with Gasteiger partial charge in [0.25, 0.3) is 0 Å². The van der Waals surface area contributed by atoms with Crippen LogP contribution in [-0.4, -0.2) is 31.1 Å². The van der Waals surface area contributed by atoms with Crippen molar-refractivity contribution in [3.05, 3.63) is 42.2 Å². The molecule has 0 radical (unpaired) electrons. The third-order valence-corrected chi connectivity index (χ3v) is 4.05. The van der Waals surface area contributed by atoms with Crippen LogP contribution in [0.15, 0.2) is 41.0 Å². The van der Waals surface area contributed by atoms with Gasteiger partial charge in [0, 0.05) is 13.1 Å². The highest BCUT2D eigenvalue weighted by atomic mass is 19.4. The molecular formula is C17H18F3NO2. The van der Waals surface area contributed by atoms with Gasteiger partial charge in [0.05, 0.1) is 17.4 Å². The molecule has 0 bridgehead atoms. The zero-order valence-corrected chi connectivity index (χ0v) is 12.8. The van der Waals surface area contributed by atoms with Crippen LogP contribution in [0.5, 0.6) is 5.75 Å². The van der Waals surface area contributed by atoms with Crippen LogP contribution >= 0.6 is 0 Å². The van der Waals surface area contributed by atoms with Gasteiger partial charge in [-0.1, -0.05) is 0 Å². The van der Waals surface area contributed by atoms with Crippen molar-refractivity contribution in [1.82, 2.24) is 4.90 Å². The Balaban J connectivity index is 1.90. The number of halogens is 3. The van der Waals surface area contributed by atoms with Crippen molar-refractivity contribution < 1.29 is 22.3 Å². The quantitative estimate of drug-likeness (QED) is 0.834. The van der Waals surface area contributed by atoms with E-state index in [1.54, 1.807) is 12.1 Å². The van der Waals surface area contributed by atoms with Crippen molar-refractivity contribution in [1.29, 1.82) is 0 Å². The lowest BCUT2D eigenvalue weighted by Crippen LogP contribution is -2.35. The summed E-state index contributed by atoms with van der Waals surface area (Å²) in [7, 11) is 2.04. The fourth-order valence-corrected chi connectivity index (χ4v) is 2.72. The highest BCUT2D eigenvalue weighted by molar-refractivity contribution is 5.67. The first-order chi connectivity index (χ1) is 10.9. The molecule has 1 aromatic carbocycles. The minimum Gasteiger partial charge on any atom is -0.490 e. The number of ether oxygens (including phenoxy) is 1. The summed E-state index contributed by atoms with van der Waals surface area (Å²) in [6.07, 6.45) is -1.23. The molecule has 23 heavy (non-hydrogen) atoms. The van der Waals surface area contributed by atoms with Crippen LogP contribution < -0.4 is 4.74 Å². The molecule has 1 aromatic heterocycles. The Labute approximate surface area is 132 Å². The number of furan rings is 1. The van der Waals surface area contributed by atoms with Crippen molar-refractivity contribution >= 4 is 0 Å². The van der Waals surface area contributed by atoms with E-state index in [1.807, 2.05) is 7.05 Å². The van der Waals surface area contributed by atoms with E-state index in [0.717, 1.165) is 38.1 Å². The smallest absolute Gasteiger partial charge is 0.416 e. The van der Waals surface area contributed by atoms with Crippen molar-refractivity contribution in [3.63, 3.8) is 0 Å². The molecule has 6 heteroatoms. The molecule has 1 fully saturated rings. The van der Waals surface area contributed by atoms with Gasteiger partial charge in [0.15, 0.2) is 0 Å². The number of piperidine rings is 1. The average molecular weight is 325 g/mol. The van der Waals surface area contributed by atoms with Crippen molar-refractivity contribution in [2.75, 3.05) is 20.1 Å². The Morgan fingerprint density at radius 3 is 2.52 bits per heavy atom. The van der Waals surface area contributed by atoms with Gasteiger partial charge in [-0.2, -0.15) is 13.2 Å². The highest BCUT2D eigenvalue weighted by Crippen LogP contribution is 2.38. The summed E-state index contributed by atoms with van der Waals surface area (Å²) in [4.78, 5) is 2.21. The number of hydrogen-bond acceptors (Lipinski definition) is 3. The minimum atomic E-state index is -4.40. The molecule has 124 valence electrons. The normalized spacial score (nSPS) is 17.4. The summed E-state index contributed by atoms with van der Waals surface area (Å²) >= 11 is 0. The van der Waals surface area contributed by atoms with E-state index in [-0.39, 0.29) is 6.10 Å². The summed E-state index contributed by atoms with van der Waals surface area (Å²) in [6.45, 7) is 1.84. The first kappa shape index (κ1) is 15.9. The topological polar surface area (TPSA) is 25.6 Å². The van der Waals surface area contributed by atoms with Gasteiger partial charge in [-0.25, -0.2) is 0 Å². The molecule has 0 N–H and O–H groups in total. The third kappa shape index (κ3) is 3.69. The predicted octanol–water partition coefficient (Wildman–Crippen LogP) is 4.44. The van der Waals surface area contributed by atoms with Gasteiger partial charge in [0.2, 0.25) is 0 Å². The molecule has 1 saturated heterocycles. The predicted molar refractivity (Wildman–Crippen MR) is 80.3 cm³/mol. The van der Waals surface area contributed by atoms with Crippen LogP contribution in [0.1, 0.15) is 18.4 Å². The lowest BCUT2D eigenvalue weighted by atomic mass is 10.1. The van der Waals surface area contributed by atoms with Gasteiger partial charge in [-0.3, -0.25) is 0 Å². The molecular weight excluding hydrogens is 307 g/mol. The molecule has 3 nitrogen and oxygen atoms in total. The molecule has 0 unspecified atom stereocenters. The van der Waals surface area contributed by atoms with Gasteiger partial charge in [0.1, 0.15) is 17.6 Å². The molecule has 3 rings (SSSR count). The Hall–Kier alpha value is -1.95. The Morgan fingerprint density at radius 2 is 1.91 bits per heavy atom. The number of hydrogen-bond donors (Lipinski definition) is 0. The van der Waals surface area contributed by atoms with Crippen LogP contribution in [0.25, 0.3) is 11.3 Å². The first-order valence-electron chi connectivity index (χ1n) is 7.54. The number of likely N-dealkylation sites (tertiary alicyclic amines) is 1. The van der Waals surface area contributed by atoms with Crippen LogP contribution in [0.4, 0.5) is 13.2 Å². The zero-order chi connectivity index (χ0) is 16.4. The van der Waals surface area contributed by atoms with Crippen molar-refractivity contribution in [2.24, 2.45) is 0 Å². The lowest BCUT2D eigenvalue weighted by Gasteiger charge is -2.30. The fraction of sp³-hybridized carbons (Fsp3) is 0.412. The lowest BCUT2D eigenvalue weighted by molar-refractivity contribution is -0.137. The molecule has 0 aliphatic carbocycles. The summed E-state index contributed by atoms with van der Waals surface area (Å²) in [5.41, 5.74) is -0.372. The maximum atomic E-state index is 13.0. The molecule has 2 aromatic rings. The Morgan fingerprint density at radius 1 is 1.17 bits per heavy atom. The summed E-state index contributed by atoms with van der Waals surface area (Å²) < 4.78 is 50.1. The van der Waals surface area contributed by atoms with E-state index >= 15 is 0 Å². The number of nitrogens with zero attached hydrogens (tertiary/aromatic N) is 1. The molecule has 0 spiro atoms. The van der Waals surface area contributed by atoms with Crippen LogP contribution in [0, 0.1) is 0 Å². The van der Waals surface area contributed by atoms with Crippen molar-refractivity contribution in [3.8, 4) is 17.1 Å². The second-order valence-corrected chi connectivity index (χ2v) is 5.81. The molecule has 0 amide bonds. The maximum Gasteiger partial charge on any atom is 0.416 e. The Bertz CT molecular complexity index is 644. The van der Waals surface area contributed by atoms with Gasteiger partial charge in [-0.15, -0.1) is 0 Å². The average Bonchev–Trinajstić information content (AvgIpc) is 3.03. The molecule has 1 aliphatic rings. The van der Waals surface area contributed by atoms with E-state index in [2.05, 4.69) is 4.90 Å². The Kier molecular flexibility index (Phi) is 4.35. The zero-order valence-electron chi connectivity index (χ0n) is 12.8. The van der Waals surface area contributed by atoms with Gasteiger partial charge >= 0.3 is 6.18 Å². The highest BCUT2D eigenvalue weighted by Gasteiger charge is 2.32. The largest absolute Gasteiger partial charge is 0.490 e. The van der Waals surface area contributed by atoms with E-state index < -0.39 is 11.7 Å². The van der Waals surface area contributed by atoms with E-state index in [4.69, 9.17) is 9.15 Å². The number of rotatable bonds is 3. The number of benzene rings is 1. The minimum absolute atomic E-state index is 0.0108. The maximum absolute atomic E-state index is 13.0. The van der Waals surface area contributed by atoms with Crippen LogP contribution in [0.2, 0.25) is 0 Å². The first-order valence-corrected chi connectivity index (χ1v) is 7.54. The van der Waals surface area contributed by atoms with Crippen LogP contribution in [-0.2, 0) is 6.18 Å². The molecule has 1 aliphatic heterocycles. The van der Waals surface area contributed by atoms with E-state index in [0.29, 0.717) is 17.1 Å². The molecule has 0 atom stereocenters. The second kappa shape index (κ2) is 6.28. The molecule has 0 saturated carbocycles. The fourth-order valence-electron chi connectivity index (χ4n) is 2.72. The second-order valence-electron chi connectivity index (χ2n) is 5.81. The summed E-state index contributed by atoms with van der Waals surface area (Å²) in [6, 6.07) is 6.81. The summed E-state index contributed by atoms with van der Waals surface area (Å²) in [5.74, 6) is 0.807. The van der Waals surface area contributed by atoms with Gasteiger partial charge in [-0.05, 0) is 50.2 Å². The summed E-state index contributed by atoms with van der Waals surface area (Å²) in [5, 5.41) is 0. The standard InChI is InChI=1S/C17H18F3NO2/c1-21-8-6-13(7-9-21)23-16-5-4-12(17(18,19)20)11-14(16)15-3-2-10-22-15/h2-5,10-11,13H,6-9H2,1H3. The van der Waals surface area contributed by atoms with Crippen LogP contribution in [0.3, 0.4) is 0 Å². The van der Waals surface area contributed by atoms with E-state index in [1.165, 1.54) is 12.3 Å². The number of alkyl halides is 3. The SMILES string of the molecule is CN1CCC(Oc2ccc(C(F)(F)F)cc2-c2ccco2)CC1. The van der Waals surface area contributed by atoms with E-state index in [9.17, 15) is 13.2 Å².